The summed E-state index contributed by atoms with van der Waals surface area (Å²) >= 11 is 0. The number of ether oxygens (including phenoxy) is 1. The molecular formula is C25H24N2O4S. The minimum Gasteiger partial charge on any atom is -0.476 e. The highest BCUT2D eigenvalue weighted by molar-refractivity contribution is 7.92. The highest BCUT2D eigenvalue weighted by atomic mass is 32.2. The maximum atomic E-state index is 13.6. The van der Waals surface area contributed by atoms with E-state index in [-0.39, 0.29) is 17.3 Å². The lowest BCUT2D eigenvalue weighted by molar-refractivity contribution is -0.125. The molecule has 6 nitrogen and oxygen atoms in total. The zero-order valence-corrected chi connectivity index (χ0v) is 18.8. The largest absolute Gasteiger partial charge is 0.476 e. The fraction of sp³-hybridized carbons (Fsp3) is 0.240. The molecule has 0 aliphatic carbocycles. The first-order chi connectivity index (χ1) is 15.3. The summed E-state index contributed by atoms with van der Waals surface area (Å²) in [6, 6.07) is 19.9. The van der Waals surface area contributed by atoms with E-state index in [0.29, 0.717) is 18.0 Å². The van der Waals surface area contributed by atoms with Gasteiger partial charge >= 0.3 is 0 Å². The van der Waals surface area contributed by atoms with Gasteiger partial charge in [-0.05, 0) is 61.7 Å². The monoisotopic (exact) mass is 448 g/mol. The number of benzene rings is 3. The highest BCUT2D eigenvalue weighted by Gasteiger charge is 2.40. The van der Waals surface area contributed by atoms with Gasteiger partial charge in [0.1, 0.15) is 5.75 Å². The Bertz CT molecular complexity index is 1300. The van der Waals surface area contributed by atoms with Crippen LogP contribution in [0.2, 0.25) is 0 Å². The molecule has 164 valence electrons. The molecule has 0 saturated carbocycles. The van der Waals surface area contributed by atoms with Gasteiger partial charge in [-0.15, -0.1) is 0 Å². The summed E-state index contributed by atoms with van der Waals surface area (Å²) in [5.41, 5.74) is 4.31. The van der Waals surface area contributed by atoms with Crippen LogP contribution < -0.4 is 13.9 Å². The van der Waals surface area contributed by atoms with E-state index in [0.717, 1.165) is 28.8 Å². The SMILES string of the molecule is Cc1ccc(S(=O)(=O)N2CC(C(=O)N3CCc4ccccc43)Oc3ccc(C)cc32)cc1. The first-order valence-corrected chi connectivity index (χ1v) is 12.0. The van der Waals surface area contributed by atoms with Crippen molar-refractivity contribution in [1.29, 1.82) is 0 Å². The Kier molecular flexibility index (Phi) is 4.93. The van der Waals surface area contributed by atoms with Gasteiger partial charge in [0.05, 0.1) is 17.1 Å². The van der Waals surface area contributed by atoms with Crippen molar-refractivity contribution in [2.75, 3.05) is 22.3 Å². The maximum absolute atomic E-state index is 13.6. The van der Waals surface area contributed by atoms with Crippen LogP contribution in [0.25, 0.3) is 0 Å². The second kappa shape index (κ2) is 7.67. The summed E-state index contributed by atoms with van der Waals surface area (Å²) < 4.78 is 34.6. The average Bonchev–Trinajstić information content (AvgIpc) is 3.22. The topological polar surface area (TPSA) is 66.9 Å². The number of hydrogen-bond acceptors (Lipinski definition) is 4. The van der Waals surface area contributed by atoms with E-state index in [9.17, 15) is 13.2 Å². The molecule has 2 aliphatic rings. The molecule has 0 radical (unpaired) electrons. The molecular weight excluding hydrogens is 424 g/mol. The maximum Gasteiger partial charge on any atom is 0.269 e. The summed E-state index contributed by atoms with van der Waals surface area (Å²) in [7, 11) is -3.88. The van der Waals surface area contributed by atoms with Gasteiger partial charge in [-0.2, -0.15) is 0 Å². The van der Waals surface area contributed by atoms with Crippen molar-refractivity contribution in [3.05, 3.63) is 83.4 Å². The number of rotatable bonds is 3. The minimum atomic E-state index is -3.88. The average molecular weight is 449 g/mol. The third kappa shape index (κ3) is 3.42. The van der Waals surface area contributed by atoms with Gasteiger partial charge in [-0.1, -0.05) is 42.0 Å². The standard InChI is InChI=1S/C25H24N2O4S/c1-17-7-10-20(11-8-17)32(29,30)27-16-24(31-23-12-9-18(2)15-22(23)27)25(28)26-14-13-19-5-3-4-6-21(19)26/h3-12,15,24H,13-14,16H2,1-2H3. The Hall–Kier alpha value is -3.32. The van der Waals surface area contributed by atoms with E-state index >= 15 is 0 Å². The van der Waals surface area contributed by atoms with Crippen molar-refractivity contribution in [2.45, 2.75) is 31.3 Å². The molecule has 32 heavy (non-hydrogen) atoms. The van der Waals surface area contributed by atoms with Crippen molar-refractivity contribution in [3.8, 4) is 5.75 Å². The number of para-hydroxylation sites is 1. The molecule has 2 heterocycles. The summed E-state index contributed by atoms with van der Waals surface area (Å²) in [5, 5.41) is 0. The quantitative estimate of drug-likeness (QED) is 0.611. The molecule has 7 heteroatoms. The molecule has 2 aliphatic heterocycles. The van der Waals surface area contributed by atoms with Crippen LogP contribution in [0.3, 0.4) is 0 Å². The summed E-state index contributed by atoms with van der Waals surface area (Å²) in [5.74, 6) is 0.161. The Morgan fingerprint density at radius 3 is 2.44 bits per heavy atom. The van der Waals surface area contributed by atoms with E-state index in [4.69, 9.17) is 4.74 Å². The Balaban J connectivity index is 1.54. The minimum absolute atomic E-state index is 0.0792. The van der Waals surface area contributed by atoms with Crippen molar-refractivity contribution < 1.29 is 17.9 Å². The lowest BCUT2D eigenvalue weighted by Crippen LogP contribution is -2.51. The van der Waals surface area contributed by atoms with E-state index in [1.54, 1.807) is 41.3 Å². The van der Waals surface area contributed by atoms with E-state index in [2.05, 4.69) is 0 Å². The van der Waals surface area contributed by atoms with Gasteiger partial charge in [0.15, 0.2) is 6.10 Å². The number of hydrogen-bond donors (Lipinski definition) is 0. The van der Waals surface area contributed by atoms with Crippen LogP contribution in [-0.4, -0.2) is 33.5 Å². The first kappa shape index (κ1) is 20.6. The molecule has 0 fully saturated rings. The number of sulfonamides is 1. The lowest BCUT2D eigenvalue weighted by Gasteiger charge is -2.36. The van der Waals surface area contributed by atoms with Gasteiger partial charge in [0.25, 0.3) is 15.9 Å². The van der Waals surface area contributed by atoms with Crippen LogP contribution >= 0.6 is 0 Å². The van der Waals surface area contributed by atoms with E-state index < -0.39 is 16.1 Å². The predicted molar refractivity (Wildman–Crippen MR) is 124 cm³/mol. The van der Waals surface area contributed by atoms with Crippen molar-refractivity contribution >= 4 is 27.3 Å². The van der Waals surface area contributed by atoms with E-state index in [1.165, 1.54) is 4.31 Å². The second-order valence-electron chi connectivity index (χ2n) is 8.30. The zero-order valence-electron chi connectivity index (χ0n) is 18.0. The molecule has 0 aromatic heterocycles. The van der Waals surface area contributed by atoms with Crippen molar-refractivity contribution in [3.63, 3.8) is 0 Å². The fourth-order valence-electron chi connectivity index (χ4n) is 4.30. The smallest absolute Gasteiger partial charge is 0.269 e. The van der Waals surface area contributed by atoms with Crippen LogP contribution in [0.4, 0.5) is 11.4 Å². The van der Waals surface area contributed by atoms with Crippen molar-refractivity contribution in [1.82, 2.24) is 0 Å². The highest BCUT2D eigenvalue weighted by Crippen LogP contribution is 2.39. The molecule has 1 atom stereocenters. The second-order valence-corrected chi connectivity index (χ2v) is 10.2. The van der Waals surface area contributed by atoms with Crippen LogP contribution in [0.15, 0.2) is 71.6 Å². The van der Waals surface area contributed by atoms with Gasteiger partial charge in [0.2, 0.25) is 0 Å². The number of anilines is 2. The third-order valence-electron chi connectivity index (χ3n) is 6.02. The number of carbonyl (C=O) groups is 1. The van der Waals surface area contributed by atoms with Crippen LogP contribution in [-0.2, 0) is 21.2 Å². The van der Waals surface area contributed by atoms with Gasteiger partial charge in [-0.3, -0.25) is 9.10 Å². The fourth-order valence-corrected chi connectivity index (χ4v) is 5.76. The third-order valence-corrected chi connectivity index (χ3v) is 7.82. The molecule has 0 saturated heterocycles. The molecule has 1 amide bonds. The summed E-state index contributed by atoms with van der Waals surface area (Å²) in [4.78, 5) is 15.4. The Morgan fingerprint density at radius 1 is 0.938 bits per heavy atom. The van der Waals surface area contributed by atoms with Crippen LogP contribution in [0.1, 0.15) is 16.7 Å². The molecule has 1 unspecified atom stereocenters. The van der Waals surface area contributed by atoms with Gasteiger partial charge in [0, 0.05) is 12.2 Å². The number of nitrogens with zero attached hydrogens (tertiary/aromatic N) is 2. The molecule has 0 N–H and O–H groups in total. The number of amides is 1. The summed E-state index contributed by atoms with van der Waals surface area (Å²) in [6.07, 6.45) is -0.160. The number of fused-ring (bicyclic) bond motifs is 2. The van der Waals surface area contributed by atoms with Gasteiger partial charge in [-0.25, -0.2) is 8.42 Å². The van der Waals surface area contributed by atoms with Crippen molar-refractivity contribution in [2.24, 2.45) is 0 Å². The van der Waals surface area contributed by atoms with E-state index in [1.807, 2.05) is 44.2 Å². The molecule has 3 aromatic carbocycles. The summed E-state index contributed by atoms with van der Waals surface area (Å²) in [6.45, 7) is 4.29. The van der Waals surface area contributed by atoms with Crippen LogP contribution in [0, 0.1) is 13.8 Å². The van der Waals surface area contributed by atoms with Gasteiger partial charge < -0.3 is 9.64 Å². The number of aryl methyl sites for hydroxylation is 2. The number of carbonyl (C=O) groups excluding carboxylic acids is 1. The lowest BCUT2D eigenvalue weighted by atomic mass is 10.1. The first-order valence-electron chi connectivity index (χ1n) is 10.6. The molecule has 3 aromatic rings. The predicted octanol–water partition coefficient (Wildman–Crippen LogP) is 3.85. The zero-order chi connectivity index (χ0) is 22.5. The molecule has 0 bridgehead atoms. The van der Waals surface area contributed by atoms with Crippen LogP contribution in [0.5, 0.6) is 5.75 Å². The molecule has 0 spiro atoms. The Labute approximate surface area is 188 Å². The Morgan fingerprint density at radius 2 is 1.66 bits per heavy atom. The normalized spacial score (nSPS) is 17.5. The molecule has 5 rings (SSSR count).